The second-order valence-electron chi connectivity index (χ2n) is 4.64. The monoisotopic (exact) mass is 271 g/mol. The third-order valence-electron chi connectivity index (χ3n) is 3.31. The van der Waals surface area contributed by atoms with E-state index in [-0.39, 0.29) is 6.04 Å². The fourth-order valence-corrected chi connectivity index (χ4v) is 2.46. The molecule has 0 aliphatic carbocycles. The molecule has 0 saturated heterocycles. The molecule has 0 aliphatic rings. The van der Waals surface area contributed by atoms with E-state index in [2.05, 4.69) is 0 Å². The maximum absolute atomic E-state index is 6.32. The molecule has 0 spiro atoms. The zero-order valence-electron chi connectivity index (χ0n) is 10.6. The SMILES string of the molecule is Cc1cccc(C(N)c2cc3ccccc3o2)c1Cl. The fraction of sp³-hybridized carbons (Fsp3) is 0.125. The van der Waals surface area contributed by atoms with E-state index in [1.807, 2.05) is 55.5 Å². The molecule has 3 rings (SSSR count). The molecule has 0 amide bonds. The van der Waals surface area contributed by atoms with E-state index >= 15 is 0 Å². The van der Waals surface area contributed by atoms with Crippen LogP contribution < -0.4 is 5.73 Å². The van der Waals surface area contributed by atoms with E-state index in [1.165, 1.54) is 0 Å². The molecule has 0 radical (unpaired) electrons. The van der Waals surface area contributed by atoms with Gasteiger partial charge in [0.1, 0.15) is 11.3 Å². The van der Waals surface area contributed by atoms with Crippen molar-refractivity contribution in [1.29, 1.82) is 0 Å². The topological polar surface area (TPSA) is 39.2 Å². The van der Waals surface area contributed by atoms with Crippen LogP contribution in [0.4, 0.5) is 0 Å². The lowest BCUT2D eigenvalue weighted by Crippen LogP contribution is -2.11. The highest BCUT2D eigenvalue weighted by atomic mass is 35.5. The molecular weight excluding hydrogens is 258 g/mol. The molecule has 2 nitrogen and oxygen atoms in total. The van der Waals surface area contributed by atoms with Gasteiger partial charge < -0.3 is 10.2 Å². The van der Waals surface area contributed by atoms with Crippen LogP contribution in [0.1, 0.15) is 22.9 Å². The number of para-hydroxylation sites is 1. The Labute approximate surface area is 116 Å². The summed E-state index contributed by atoms with van der Waals surface area (Å²) in [7, 11) is 0. The highest BCUT2D eigenvalue weighted by molar-refractivity contribution is 6.32. The van der Waals surface area contributed by atoms with Gasteiger partial charge in [0.05, 0.1) is 6.04 Å². The van der Waals surface area contributed by atoms with Crippen LogP contribution in [0.25, 0.3) is 11.0 Å². The van der Waals surface area contributed by atoms with E-state index in [4.69, 9.17) is 21.8 Å². The molecule has 3 aromatic rings. The van der Waals surface area contributed by atoms with Gasteiger partial charge in [0.2, 0.25) is 0 Å². The number of rotatable bonds is 2. The smallest absolute Gasteiger partial charge is 0.134 e. The summed E-state index contributed by atoms with van der Waals surface area (Å²) in [6.07, 6.45) is 0. The minimum absolute atomic E-state index is 0.347. The van der Waals surface area contributed by atoms with Crippen molar-refractivity contribution in [2.24, 2.45) is 5.73 Å². The number of halogens is 1. The Hall–Kier alpha value is -1.77. The summed E-state index contributed by atoms with van der Waals surface area (Å²) in [5, 5.41) is 1.76. The Bertz CT molecular complexity index is 699. The summed E-state index contributed by atoms with van der Waals surface area (Å²) >= 11 is 6.32. The van der Waals surface area contributed by atoms with Crippen LogP contribution >= 0.6 is 11.6 Å². The van der Waals surface area contributed by atoms with Crippen molar-refractivity contribution in [3.63, 3.8) is 0 Å². The molecular formula is C16H14ClNO. The summed E-state index contributed by atoms with van der Waals surface area (Å²) in [5.41, 5.74) is 9.02. The molecule has 2 N–H and O–H groups in total. The largest absolute Gasteiger partial charge is 0.459 e. The van der Waals surface area contributed by atoms with Gasteiger partial charge in [-0.1, -0.05) is 48.0 Å². The number of nitrogens with two attached hydrogens (primary N) is 1. The Kier molecular flexibility index (Phi) is 3.05. The molecule has 19 heavy (non-hydrogen) atoms. The van der Waals surface area contributed by atoms with Crippen LogP contribution in [0.15, 0.2) is 52.9 Å². The molecule has 1 aromatic heterocycles. The Morgan fingerprint density at radius 2 is 1.89 bits per heavy atom. The average Bonchev–Trinajstić information content (AvgIpc) is 2.85. The molecule has 2 aromatic carbocycles. The van der Waals surface area contributed by atoms with Crippen molar-refractivity contribution in [2.45, 2.75) is 13.0 Å². The van der Waals surface area contributed by atoms with E-state index in [1.54, 1.807) is 0 Å². The molecule has 1 unspecified atom stereocenters. The van der Waals surface area contributed by atoms with Crippen molar-refractivity contribution in [2.75, 3.05) is 0 Å². The number of fused-ring (bicyclic) bond motifs is 1. The molecule has 1 atom stereocenters. The first kappa shape index (κ1) is 12.3. The predicted octanol–water partition coefficient (Wildman–Crippen LogP) is 4.44. The Balaban J connectivity index is 2.08. The summed E-state index contributed by atoms with van der Waals surface area (Å²) in [5.74, 6) is 0.730. The third kappa shape index (κ3) is 2.14. The van der Waals surface area contributed by atoms with Crippen LogP contribution in [-0.2, 0) is 0 Å². The normalized spacial score (nSPS) is 12.8. The van der Waals surface area contributed by atoms with E-state index in [9.17, 15) is 0 Å². The fourth-order valence-electron chi connectivity index (χ4n) is 2.22. The molecule has 0 fully saturated rings. The van der Waals surface area contributed by atoms with Crippen molar-refractivity contribution in [1.82, 2.24) is 0 Å². The van der Waals surface area contributed by atoms with Crippen molar-refractivity contribution >= 4 is 22.6 Å². The van der Waals surface area contributed by atoms with Crippen molar-refractivity contribution in [3.8, 4) is 0 Å². The molecule has 3 heteroatoms. The van der Waals surface area contributed by atoms with Crippen molar-refractivity contribution < 1.29 is 4.42 Å². The number of hydrogen-bond acceptors (Lipinski definition) is 2. The van der Waals surface area contributed by atoms with E-state index in [0.29, 0.717) is 5.02 Å². The van der Waals surface area contributed by atoms with Gasteiger partial charge >= 0.3 is 0 Å². The number of hydrogen-bond donors (Lipinski definition) is 1. The zero-order chi connectivity index (χ0) is 13.4. The first-order chi connectivity index (χ1) is 9.16. The maximum Gasteiger partial charge on any atom is 0.134 e. The van der Waals surface area contributed by atoms with Gasteiger partial charge in [-0.3, -0.25) is 0 Å². The summed E-state index contributed by atoms with van der Waals surface area (Å²) in [6.45, 7) is 1.97. The van der Waals surface area contributed by atoms with Gasteiger partial charge in [0, 0.05) is 10.4 Å². The van der Waals surface area contributed by atoms with Gasteiger partial charge in [-0.25, -0.2) is 0 Å². The first-order valence-electron chi connectivity index (χ1n) is 6.16. The maximum atomic E-state index is 6.32. The third-order valence-corrected chi connectivity index (χ3v) is 3.82. The van der Waals surface area contributed by atoms with Crippen LogP contribution in [-0.4, -0.2) is 0 Å². The van der Waals surface area contributed by atoms with Crippen LogP contribution in [0.3, 0.4) is 0 Å². The van der Waals surface area contributed by atoms with Crippen molar-refractivity contribution in [3.05, 3.63) is 70.4 Å². The summed E-state index contributed by atoms with van der Waals surface area (Å²) in [6, 6.07) is 15.4. The highest BCUT2D eigenvalue weighted by Crippen LogP contribution is 2.31. The van der Waals surface area contributed by atoms with E-state index < -0.39 is 0 Å². The summed E-state index contributed by atoms with van der Waals surface area (Å²) < 4.78 is 5.80. The van der Waals surface area contributed by atoms with Gasteiger partial charge in [0.25, 0.3) is 0 Å². The zero-order valence-corrected chi connectivity index (χ0v) is 11.3. The molecule has 1 heterocycles. The lowest BCUT2D eigenvalue weighted by atomic mass is 10.0. The summed E-state index contributed by atoms with van der Waals surface area (Å²) in [4.78, 5) is 0. The van der Waals surface area contributed by atoms with E-state index in [0.717, 1.165) is 27.9 Å². The van der Waals surface area contributed by atoms with Gasteiger partial charge in [0.15, 0.2) is 0 Å². The average molecular weight is 272 g/mol. The lowest BCUT2D eigenvalue weighted by Gasteiger charge is -2.12. The minimum Gasteiger partial charge on any atom is -0.459 e. The number of furan rings is 1. The lowest BCUT2D eigenvalue weighted by molar-refractivity contribution is 0.525. The second-order valence-corrected chi connectivity index (χ2v) is 5.02. The molecule has 96 valence electrons. The Morgan fingerprint density at radius 3 is 2.68 bits per heavy atom. The number of benzene rings is 2. The number of aryl methyl sites for hydroxylation is 1. The first-order valence-corrected chi connectivity index (χ1v) is 6.53. The standard InChI is InChI=1S/C16H14ClNO/c1-10-5-4-7-12(15(10)17)16(18)14-9-11-6-2-3-8-13(11)19-14/h2-9,16H,18H2,1H3. The quantitative estimate of drug-likeness (QED) is 0.748. The Morgan fingerprint density at radius 1 is 1.11 bits per heavy atom. The molecule has 0 bridgehead atoms. The highest BCUT2D eigenvalue weighted by Gasteiger charge is 2.17. The van der Waals surface area contributed by atoms with Crippen LogP contribution in [0.5, 0.6) is 0 Å². The van der Waals surface area contributed by atoms with Crippen LogP contribution in [0.2, 0.25) is 5.02 Å². The van der Waals surface area contributed by atoms with Crippen LogP contribution in [0, 0.1) is 6.92 Å². The minimum atomic E-state index is -0.347. The second kappa shape index (κ2) is 4.72. The van der Waals surface area contributed by atoms with Gasteiger partial charge in [-0.05, 0) is 30.2 Å². The predicted molar refractivity (Wildman–Crippen MR) is 78.4 cm³/mol. The molecule has 0 saturated carbocycles. The van der Waals surface area contributed by atoms with Gasteiger partial charge in [-0.2, -0.15) is 0 Å². The molecule has 0 aliphatic heterocycles. The van der Waals surface area contributed by atoms with Gasteiger partial charge in [-0.15, -0.1) is 0 Å².